The van der Waals surface area contributed by atoms with E-state index in [1.54, 1.807) is 28.9 Å². The third-order valence-corrected chi connectivity index (χ3v) is 5.29. The van der Waals surface area contributed by atoms with Crippen LogP contribution in [0.15, 0.2) is 78.9 Å². The van der Waals surface area contributed by atoms with Crippen LogP contribution < -0.4 is 10.7 Å². The quantitative estimate of drug-likeness (QED) is 0.635. The third kappa shape index (κ3) is 4.26. The predicted molar refractivity (Wildman–Crippen MR) is 117 cm³/mol. The highest BCUT2D eigenvalue weighted by Gasteiger charge is 2.47. The zero-order valence-electron chi connectivity index (χ0n) is 16.4. The lowest BCUT2D eigenvalue weighted by molar-refractivity contribution is -0.596. The van der Waals surface area contributed by atoms with Gasteiger partial charge in [0.15, 0.2) is 6.04 Å². The number of hydrazone groups is 1. The van der Waals surface area contributed by atoms with Crippen LogP contribution >= 0.6 is 11.6 Å². The number of hydrogen-bond acceptors (Lipinski definition) is 2. The fourth-order valence-corrected chi connectivity index (χ4v) is 3.60. The van der Waals surface area contributed by atoms with Gasteiger partial charge in [-0.2, -0.15) is 0 Å². The summed E-state index contributed by atoms with van der Waals surface area (Å²) in [5.74, 6) is -0.598. The molecule has 2 amide bonds. The Labute approximate surface area is 180 Å². The van der Waals surface area contributed by atoms with Crippen molar-refractivity contribution in [3.05, 3.63) is 106 Å². The summed E-state index contributed by atoms with van der Waals surface area (Å²) >= 11 is 5.91. The molecule has 0 aromatic heterocycles. The van der Waals surface area contributed by atoms with Gasteiger partial charge in [-0.05, 0) is 43.3 Å². The van der Waals surface area contributed by atoms with Crippen LogP contribution in [-0.4, -0.2) is 28.8 Å². The molecule has 2 atom stereocenters. The molecule has 1 aliphatic heterocycles. The van der Waals surface area contributed by atoms with Gasteiger partial charge in [-0.1, -0.05) is 59.6 Å². The van der Waals surface area contributed by atoms with Crippen molar-refractivity contribution in [1.29, 1.82) is 0 Å². The Morgan fingerprint density at radius 3 is 2.33 bits per heavy atom. The first-order valence-electron chi connectivity index (χ1n) is 9.63. The van der Waals surface area contributed by atoms with E-state index in [-0.39, 0.29) is 11.8 Å². The van der Waals surface area contributed by atoms with Crippen LogP contribution in [0.5, 0.6) is 0 Å². The number of hydrazine groups is 1. The maximum atomic E-state index is 12.8. The van der Waals surface area contributed by atoms with Gasteiger partial charge >= 0.3 is 5.91 Å². The molecule has 30 heavy (non-hydrogen) atoms. The molecule has 2 N–H and O–H groups in total. The molecule has 150 valence electrons. The Hall–Kier alpha value is -3.44. The third-order valence-electron chi connectivity index (χ3n) is 5.04. The van der Waals surface area contributed by atoms with Gasteiger partial charge in [-0.15, -0.1) is 10.1 Å². The summed E-state index contributed by atoms with van der Waals surface area (Å²) in [6, 6.07) is 23.1. The highest BCUT2D eigenvalue weighted by Crippen LogP contribution is 2.25. The first-order valence-corrected chi connectivity index (χ1v) is 10.0. The summed E-state index contributed by atoms with van der Waals surface area (Å²) < 4.78 is 1.76. The molecule has 0 aliphatic carbocycles. The molecule has 1 aliphatic rings. The minimum Gasteiger partial charge on any atom is -0.334 e. The summed E-state index contributed by atoms with van der Waals surface area (Å²) in [6.45, 7) is 2.02. The Morgan fingerprint density at radius 1 is 1.00 bits per heavy atom. The highest BCUT2D eigenvalue weighted by molar-refractivity contribution is 6.30. The van der Waals surface area contributed by atoms with Crippen molar-refractivity contribution in [2.24, 2.45) is 0 Å². The molecule has 6 heteroatoms. The van der Waals surface area contributed by atoms with E-state index in [4.69, 9.17) is 11.6 Å². The zero-order valence-corrected chi connectivity index (χ0v) is 17.1. The molecule has 0 bridgehead atoms. The van der Waals surface area contributed by atoms with Crippen molar-refractivity contribution in [1.82, 2.24) is 10.7 Å². The number of benzene rings is 3. The molecule has 0 radical (unpaired) electrons. The molecule has 1 saturated heterocycles. The Balaban J connectivity index is 1.68. The van der Waals surface area contributed by atoms with Crippen molar-refractivity contribution in [3.8, 4) is 0 Å². The average Bonchev–Trinajstić information content (AvgIpc) is 3.05. The maximum absolute atomic E-state index is 12.8. The summed E-state index contributed by atoms with van der Waals surface area (Å²) in [5.41, 5.74) is 6.35. The van der Waals surface area contributed by atoms with E-state index in [0.29, 0.717) is 10.6 Å². The zero-order chi connectivity index (χ0) is 21.1. The monoisotopic (exact) mass is 418 g/mol. The smallest absolute Gasteiger partial charge is 0.304 e. The minimum absolute atomic E-state index is 0.269. The molecular formula is C24H21ClN3O2+. The molecule has 0 unspecified atom stereocenters. The van der Waals surface area contributed by atoms with Crippen molar-refractivity contribution in [2.45, 2.75) is 19.0 Å². The largest absolute Gasteiger partial charge is 0.334 e. The van der Waals surface area contributed by atoms with Gasteiger partial charge in [0.2, 0.25) is 12.3 Å². The van der Waals surface area contributed by atoms with E-state index in [0.717, 1.165) is 16.7 Å². The molecule has 5 nitrogen and oxygen atoms in total. The lowest BCUT2D eigenvalue weighted by Gasteiger charge is -2.14. The summed E-state index contributed by atoms with van der Waals surface area (Å²) in [6.07, 6.45) is 1.88. The standard InChI is InChI=1S/C24H20ClN3O2/c1-16-7-9-17(10-8-16)15-28-22(18-5-3-2-4-6-18)21(24(30)27-28)26-23(29)19-11-13-20(25)14-12-19/h2-15,21-22H,1H3,(H-,26,27,29,30)/p+1/b28-15-/t21-,22+/m0/s1. The Kier molecular flexibility index (Phi) is 5.63. The molecular weight excluding hydrogens is 398 g/mol. The van der Waals surface area contributed by atoms with E-state index in [2.05, 4.69) is 10.7 Å². The minimum atomic E-state index is -0.753. The van der Waals surface area contributed by atoms with E-state index in [9.17, 15) is 9.59 Å². The molecule has 0 saturated carbocycles. The molecule has 3 aromatic carbocycles. The van der Waals surface area contributed by atoms with Crippen molar-refractivity contribution in [2.75, 3.05) is 0 Å². The molecule has 0 spiro atoms. The number of carbonyl (C=O) groups excluding carboxylic acids is 2. The predicted octanol–water partition coefficient (Wildman–Crippen LogP) is 3.66. The van der Waals surface area contributed by atoms with Crippen molar-refractivity contribution < 1.29 is 14.3 Å². The van der Waals surface area contributed by atoms with Crippen LogP contribution in [0.1, 0.15) is 33.1 Å². The molecule has 1 heterocycles. The van der Waals surface area contributed by atoms with Gasteiger partial charge in [-0.25, -0.2) is 0 Å². The number of halogens is 1. The number of carbonyl (C=O) groups is 2. The SMILES string of the molecule is Cc1ccc(/C=[N+]2\NC(=O)[C@@H](NC(=O)c3ccc(Cl)cc3)[C@H]2c2ccccc2)cc1. The van der Waals surface area contributed by atoms with E-state index >= 15 is 0 Å². The Bertz CT molecular complexity index is 1090. The molecule has 4 rings (SSSR count). The number of hydrogen-bond donors (Lipinski definition) is 2. The lowest BCUT2D eigenvalue weighted by atomic mass is 10.00. The fraction of sp³-hybridized carbons (Fsp3) is 0.125. The summed E-state index contributed by atoms with van der Waals surface area (Å²) in [7, 11) is 0. The van der Waals surface area contributed by atoms with E-state index in [1.807, 2.05) is 67.7 Å². The number of nitrogens with zero attached hydrogens (tertiary/aromatic N) is 1. The van der Waals surface area contributed by atoms with Crippen LogP contribution in [0.2, 0.25) is 5.02 Å². The number of amides is 2. The van der Waals surface area contributed by atoms with E-state index < -0.39 is 12.1 Å². The van der Waals surface area contributed by atoms with Gasteiger partial charge in [-0.3, -0.25) is 9.59 Å². The first kappa shape index (κ1) is 19.9. The topological polar surface area (TPSA) is 61.2 Å². The van der Waals surface area contributed by atoms with Gasteiger partial charge < -0.3 is 5.32 Å². The summed E-state index contributed by atoms with van der Waals surface area (Å²) in [5, 5.41) is 3.43. The van der Waals surface area contributed by atoms with Crippen LogP contribution in [0.4, 0.5) is 0 Å². The average molecular weight is 419 g/mol. The van der Waals surface area contributed by atoms with Crippen LogP contribution in [0.3, 0.4) is 0 Å². The highest BCUT2D eigenvalue weighted by atomic mass is 35.5. The number of rotatable bonds is 4. The van der Waals surface area contributed by atoms with Crippen LogP contribution in [-0.2, 0) is 4.79 Å². The van der Waals surface area contributed by atoms with Gasteiger partial charge in [0, 0.05) is 21.7 Å². The molecule has 1 fully saturated rings. The van der Waals surface area contributed by atoms with Gasteiger partial charge in [0.05, 0.1) is 0 Å². The second-order valence-corrected chi connectivity index (χ2v) is 7.67. The second-order valence-electron chi connectivity index (χ2n) is 7.24. The number of aryl methyl sites for hydroxylation is 1. The first-order chi connectivity index (χ1) is 14.5. The van der Waals surface area contributed by atoms with Crippen LogP contribution in [0.25, 0.3) is 0 Å². The Morgan fingerprint density at radius 2 is 1.67 bits per heavy atom. The maximum Gasteiger partial charge on any atom is 0.304 e. The van der Waals surface area contributed by atoms with E-state index in [1.165, 1.54) is 0 Å². The van der Waals surface area contributed by atoms with Gasteiger partial charge in [0.25, 0.3) is 5.91 Å². The van der Waals surface area contributed by atoms with Gasteiger partial charge in [0.1, 0.15) is 0 Å². The molecule has 3 aromatic rings. The second kappa shape index (κ2) is 8.51. The van der Waals surface area contributed by atoms with Crippen molar-refractivity contribution in [3.63, 3.8) is 0 Å². The number of nitrogens with one attached hydrogen (secondary N) is 2. The van der Waals surface area contributed by atoms with Crippen LogP contribution in [0, 0.1) is 6.92 Å². The normalized spacial score (nSPS) is 19.5. The summed E-state index contributed by atoms with van der Waals surface area (Å²) in [4.78, 5) is 25.6. The fourth-order valence-electron chi connectivity index (χ4n) is 3.47. The lowest BCUT2D eigenvalue weighted by Crippen LogP contribution is -2.42. The van der Waals surface area contributed by atoms with Crippen molar-refractivity contribution >= 4 is 29.6 Å².